The Bertz CT molecular complexity index is 368. The van der Waals surface area contributed by atoms with E-state index in [1.165, 1.54) is 19.4 Å². The first-order chi connectivity index (χ1) is 9.19. The molecule has 1 aliphatic heterocycles. The van der Waals surface area contributed by atoms with E-state index in [4.69, 9.17) is 0 Å². The van der Waals surface area contributed by atoms with Crippen molar-refractivity contribution in [2.24, 2.45) is 5.92 Å². The normalized spacial score (nSPS) is 17.2. The zero-order valence-corrected chi connectivity index (χ0v) is 12.3. The van der Waals surface area contributed by atoms with Crippen LogP contribution in [0.2, 0.25) is 0 Å². The highest BCUT2D eigenvalue weighted by Crippen LogP contribution is 2.21. The van der Waals surface area contributed by atoms with E-state index in [1.54, 1.807) is 0 Å². The van der Waals surface area contributed by atoms with Crippen molar-refractivity contribution in [3.8, 4) is 0 Å². The molecule has 0 atom stereocenters. The second kappa shape index (κ2) is 6.82. The third-order valence-corrected chi connectivity index (χ3v) is 3.61. The molecule has 1 fully saturated rings. The molecule has 1 aromatic rings. The van der Waals surface area contributed by atoms with Gasteiger partial charge >= 0.3 is 0 Å². The van der Waals surface area contributed by atoms with E-state index in [2.05, 4.69) is 39.2 Å². The van der Waals surface area contributed by atoms with Crippen LogP contribution in [-0.2, 0) is 6.54 Å². The number of nitrogens with zero attached hydrogens (tertiary/aromatic N) is 4. The van der Waals surface area contributed by atoms with Crippen LogP contribution in [0.5, 0.6) is 0 Å². The van der Waals surface area contributed by atoms with Crippen LogP contribution in [0.4, 0.5) is 5.82 Å². The lowest BCUT2D eigenvalue weighted by Gasteiger charge is -2.33. The molecule has 0 unspecified atom stereocenters. The topological polar surface area (TPSA) is 44.3 Å². The fraction of sp³-hybridized carbons (Fsp3) is 0.714. The monoisotopic (exact) mass is 263 g/mol. The van der Waals surface area contributed by atoms with Gasteiger partial charge in [-0.1, -0.05) is 0 Å². The van der Waals surface area contributed by atoms with Crippen LogP contribution in [0.3, 0.4) is 0 Å². The molecule has 1 aliphatic rings. The summed E-state index contributed by atoms with van der Waals surface area (Å²) in [5.74, 6) is 1.84. The Hall–Kier alpha value is -1.20. The lowest BCUT2D eigenvalue weighted by atomic mass is 9.96. The zero-order valence-electron chi connectivity index (χ0n) is 12.3. The molecular formula is C14H25N5. The van der Waals surface area contributed by atoms with Gasteiger partial charge in [0, 0.05) is 26.2 Å². The van der Waals surface area contributed by atoms with Crippen molar-refractivity contribution in [2.45, 2.75) is 19.4 Å². The van der Waals surface area contributed by atoms with Crippen molar-refractivity contribution in [2.75, 3.05) is 45.7 Å². The van der Waals surface area contributed by atoms with E-state index in [0.29, 0.717) is 0 Å². The predicted molar refractivity (Wildman–Crippen MR) is 78.3 cm³/mol. The number of piperidine rings is 1. The highest BCUT2D eigenvalue weighted by atomic mass is 15.2. The molecule has 5 nitrogen and oxygen atoms in total. The first-order valence-corrected chi connectivity index (χ1v) is 7.04. The van der Waals surface area contributed by atoms with Crippen LogP contribution in [0, 0.1) is 5.92 Å². The van der Waals surface area contributed by atoms with Crippen LogP contribution in [-0.4, -0.2) is 55.6 Å². The lowest BCUT2D eigenvalue weighted by Crippen LogP contribution is -2.37. The van der Waals surface area contributed by atoms with E-state index in [-0.39, 0.29) is 0 Å². The van der Waals surface area contributed by atoms with Crippen molar-refractivity contribution in [1.29, 1.82) is 0 Å². The van der Waals surface area contributed by atoms with Crippen molar-refractivity contribution >= 4 is 5.82 Å². The van der Waals surface area contributed by atoms with Crippen LogP contribution in [0.25, 0.3) is 0 Å². The molecule has 0 aromatic carbocycles. The van der Waals surface area contributed by atoms with Gasteiger partial charge in [-0.2, -0.15) is 0 Å². The van der Waals surface area contributed by atoms with Crippen LogP contribution in [0.15, 0.2) is 12.4 Å². The minimum atomic E-state index is 0.776. The van der Waals surface area contributed by atoms with E-state index in [0.717, 1.165) is 37.1 Å². The molecule has 1 saturated heterocycles. The van der Waals surface area contributed by atoms with Crippen LogP contribution >= 0.6 is 0 Å². The fourth-order valence-electron chi connectivity index (χ4n) is 2.64. The summed E-state index contributed by atoms with van der Waals surface area (Å²) in [5.41, 5.74) is 0.994. The molecule has 0 spiro atoms. The maximum atomic E-state index is 4.52. The largest absolute Gasteiger partial charge is 0.355 e. The smallest absolute Gasteiger partial charge is 0.147 e. The third-order valence-electron chi connectivity index (χ3n) is 3.61. The number of aromatic nitrogens is 2. The van der Waals surface area contributed by atoms with Gasteiger partial charge in [0.05, 0.1) is 18.1 Å². The second-order valence-electron chi connectivity index (χ2n) is 5.59. The molecule has 0 amide bonds. The third kappa shape index (κ3) is 4.14. The molecule has 0 radical (unpaired) electrons. The molecule has 2 heterocycles. The predicted octanol–water partition coefficient (Wildman–Crippen LogP) is 0.974. The van der Waals surface area contributed by atoms with Gasteiger partial charge in [0.1, 0.15) is 5.82 Å². The highest BCUT2D eigenvalue weighted by Gasteiger charge is 2.20. The quantitative estimate of drug-likeness (QED) is 0.858. The molecule has 0 bridgehead atoms. The number of hydrogen-bond donors (Lipinski definition) is 1. The van der Waals surface area contributed by atoms with Gasteiger partial charge in [-0.3, -0.25) is 4.98 Å². The molecule has 2 rings (SSSR count). The van der Waals surface area contributed by atoms with Crippen LogP contribution in [0.1, 0.15) is 18.5 Å². The van der Waals surface area contributed by atoms with Crippen molar-refractivity contribution in [3.63, 3.8) is 0 Å². The number of nitrogens with one attached hydrogen (secondary N) is 1. The number of hydrogen-bond acceptors (Lipinski definition) is 5. The van der Waals surface area contributed by atoms with E-state index >= 15 is 0 Å². The average molecular weight is 263 g/mol. The van der Waals surface area contributed by atoms with E-state index < -0.39 is 0 Å². The standard InChI is InChI=1S/C14H25N5/c1-15-8-13-9-17-14(10-16-13)19-6-4-12(5-7-19)11-18(2)3/h9-10,12,15H,4-8,11H2,1-3H3. The Morgan fingerprint density at radius 1 is 1.26 bits per heavy atom. The molecular weight excluding hydrogens is 238 g/mol. The van der Waals surface area contributed by atoms with Crippen molar-refractivity contribution in [1.82, 2.24) is 20.2 Å². The minimum Gasteiger partial charge on any atom is -0.355 e. The Morgan fingerprint density at radius 3 is 2.53 bits per heavy atom. The molecule has 1 aromatic heterocycles. The van der Waals surface area contributed by atoms with Gasteiger partial charge in [0.15, 0.2) is 0 Å². The summed E-state index contributed by atoms with van der Waals surface area (Å²) < 4.78 is 0. The maximum absolute atomic E-state index is 4.52. The zero-order chi connectivity index (χ0) is 13.7. The molecule has 0 aliphatic carbocycles. The summed E-state index contributed by atoms with van der Waals surface area (Å²) in [6.45, 7) is 4.16. The summed E-state index contributed by atoms with van der Waals surface area (Å²) >= 11 is 0. The van der Waals surface area contributed by atoms with Crippen molar-refractivity contribution in [3.05, 3.63) is 18.1 Å². The number of rotatable bonds is 5. The van der Waals surface area contributed by atoms with Gasteiger partial charge in [-0.05, 0) is 39.9 Å². The van der Waals surface area contributed by atoms with Crippen LogP contribution < -0.4 is 10.2 Å². The Labute approximate surface area is 116 Å². The molecule has 19 heavy (non-hydrogen) atoms. The Morgan fingerprint density at radius 2 is 2.00 bits per heavy atom. The van der Waals surface area contributed by atoms with Gasteiger partial charge in [0.2, 0.25) is 0 Å². The lowest BCUT2D eigenvalue weighted by molar-refractivity contribution is 0.284. The summed E-state index contributed by atoms with van der Waals surface area (Å²) in [5, 5.41) is 3.09. The fourth-order valence-corrected chi connectivity index (χ4v) is 2.64. The SMILES string of the molecule is CNCc1cnc(N2CCC(CN(C)C)CC2)cn1. The molecule has 106 valence electrons. The summed E-state index contributed by atoms with van der Waals surface area (Å²) in [7, 11) is 6.22. The number of anilines is 1. The second-order valence-corrected chi connectivity index (χ2v) is 5.59. The molecule has 1 N–H and O–H groups in total. The van der Waals surface area contributed by atoms with Gasteiger partial charge in [-0.25, -0.2) is 4.98 Å². The van der Waals surface area contributed by atoms with Gasteiger partial charge in [-0.15, -0.1) is 0 Å². The highest BCUT2D eigenvalue weighted by molar-refractivity contribution is 5.36. The molecule has 5 heteroatoms. The van der Waals surface area contributed by atoms with E-state index in [1.807, 2.05) is 19.4 Å². The first-order valence-electron chi connectivity index (χ1n) is 7.04. The first kappa shape index (κ1) is 14.2. The van der Waals surface area contributed by atoms with Gasteiger partial charge in [0.25, 0.3) is 0 Å². The Balaban J connectivity index is 1.87. The minimum absolute atomic E-state index is 0.776. The summed E-state index contributed by atoms with van der Waals surface area (Å²) in [6, 6.07) is 0. The van der Waals surface area contributed by atoms with Gasteiger partial charge < -0.3 is 15.1 Å². The summed E-state index contributed by atoms with van der Waals surface area (Å²) in [6.07, 6.45) is 6.27. The Kier molecular flexibility index (Phi) is 5.10. The van der Waals surface area contributed by atoms with E-state index in [9.17, 15) is 0 Å². The average Bonchev–Trinajstić information content (AvgIpc) is 2.40. The summed E-state index contributed by atoms with van der Waals surface area (Å²) in [4.78, 5) is 13.6. The molecule has 0 saturated carbocycles. The van der Waals surface area contributed by atoms with Crippen molar-refractivity contribution < 1.29 is 0 Å². The maximum Gasteiger partial charge on any atom is 0.147 e.